The Kier molecular flexibility index (Phi) is 5.74. The third-order valence-electron chi connectivity index (χ3n) is 3.33. The molecule has 0 heterocycles. The maximum Gasteiger partial charge on any atom is 0.243 e. The van der Waals surface area contributed by atoms with E-state index in [0.717, 1.165) is 21.9 Å². The quantitative estimate of drug-likeness (QED) is 0.767. The Hall–Kier alpha value is -1.60. The van der Waals surface area contributed by atoms with Gasteiger partial charge in [-0.05, 0) is 43.5 Å². The molecule has 1 amide bonds. The minimum Gasteiger partial charge on any atom is -0.398 e. The molecule has 0 unspecified atom stereocenters. The molecular weight excluding hydrogens is 290 g/mol. The highest BCUT2D eigenvalue weighted by molar-refractivity contribution is 7.89. The number of carbonyl (C=O) groups is 1. The van der Waals surface area contributed by atoms with Crippen molar-refractivity contribution in [3.8, 4) is 0 Å². The van der Waals surface area contributed by atoms with Crippen LogP contribution in [-0.4, -0.2) is 38.8 Å². The average Bonchev–Trinajstić information content (AvgIpc) is 2.41. The SMILES string of the molecule is CCCNC(=O)CN(C)S(=O)(=O)c1cc(C)c(C)c(N)c1. The largest absolute Gasteiger partial charge is 0.398 e. The van der Waals surface area contributed by atoms with Gasteiger partial charge in [-0.3, -0.25) is 4.79 Å². The second kappa shape index (κ2) is 6.91. The van der Waals surface area contributed by atoms with E-state index < -0.39 is 10.0 Å². The molecule has 1 aromatic carbocycles. The van der Waals surface area contributed by atoms with Crippen LogP contribution in [0.2, 0.25) is 0 Å². The Bertz CT molecular complexity index is 603. The molecule has 0 atom stereocenters. The number of nitrogens with zero attached hydrogens (tertiary/aromatic N) is 1. The number of hydrogen-bond donors (Lipinski definition) is 2. The lowest BCUT2D eigenvalue weighted by Gasteiger charge is -2.18. The number of aryl methyl sites for hydroxylation is 1. The van der Waals surface area contributed by atoms with Gasteiger partial charge in [-0.1, -0.05) is 6.92 Å². The van der Waals surface area contributed by atoms with Gasteiger partial charge in [0.05, 0.1) is 11.4 Å². The summed E-state index contributed by atoms with van der Waals surface area (Å²) in [5, 5.41) is 2.65. The molecule has 1 rings (SSSR count). The maximum absolute atomic E-state index is 12.4. The molecule has 3 N–H and O–H groups in total. The average molecular weight is 313 g/mol. The fourth-order valence-corrected chi connectivity index (χ4v) is 3.04. The van der Waals surface area contributed by atoms with Crippen molar-refractivity contribution in [2.45, 2.75) is 32.1 Å². The van der Waals surface area contributed by atoms with Crippen molar-refractivity contribution in [2.24, 2.45) is 0 Å². The summed E-state index contributed by atoms with van der Waals surface area (Å²) in [4.78, 5) is 11.7. The maximum atomic E-state index is 12.4. The molecule has 118 valence electrons. The number of nitrogen functional groups attached to an aromatic ring is 1. The summed E-state index contributed by atoms with van der Waals surface area (Å²) in [5.74, 6) is -0.320. The number of hydrogen-bond acceptors (Lipinski definition) is 4. The number of amides is 1. The highest BCUT2D eigenvalue weighted by Gasteiger charge is 2.23. The van der Waals surface area contributed by atoms with Gasteiger partial charge in [0, 0.05) is 19.3 Å². The highest BCUT2D eigenvalue weighted by Crippen LogP contribution is 2.23. The van der Waals surface area contributed by atoms with E-state index in [0.29, 0.717) is 12.2 Å². The van der Waals surface area contributed by atoms with E-state index in [-0.39, 0.29) is 17.3 Å². The lowest BCUT2D eigenvalue weighted by atomic mass is 10.1. The molecule has 0 aliphatic heterocycles. The van der Waals surface area contributed by atoms with Crippen molar-refractivity contribution in [1.82, 2.24) is 9.62 Å². The highest BCUT2D eigenvalue weighted by atomic mass is 32.2. The lowest BCUT2D eigenvalue weighted by molar-refractivity contribution is -0.121. The van der Waals surface area contributed by atoms with Gasteiger partial charge >= 0.3 is 0 Å². The van der Waals surface area contributed by atoms with Crippen LogP contribution in [-0.2, 0) is 14.8 Å². The normalized spacial score (nSPS) is 11.7. The molecular formula is C14H23N3O3S. The standard InChI is InChI=1S/C14H23N3O3S/c1-5-6-16-14(18)9-17(4)21(19,20)12-7-10(2)11(3)13(15)8-12/h7-8H,5-6,9,15H2,1-4H3,(H,16,18). The van der Waals surface area contributed by atoms with Gasteiger partial charge in [0.15, 0.2) is 0 Å². The fourth-order valence-electron chi connectivity index (χ4n) is 1.79. The number of benzene rings is 1. The molecule has 0 saturated heterocycles. The summed E-state index contributed by atoms with van der Waals surface area (Å²) in [5.41, 5.74) is 7.91. The molecule has 1 aromatic rings. The zero-order valence-corrected chi connectivity index (χ0v) is 13.8. The first-order valence-corrected chi connectivity index (χ1v) is 8.24. The summed E-state index contributed by atoms with van der Waals surface area (Å²) in [6.07, 6.45) is 0.801. The number of nitrogens with one attached hydrogen (secondary N) is 1. The van der Waals surface area contributed by atoms with Crippen LogP contribution in [0.15, 0.2) is 17.0 Å². The van der Waals surface area contributed by atoms with Gasteiger partial charge in [-0.25, -0.2) is 8.42 Å². The first-order chi connectivity index (χ1) is 9.70. The van der Waals surface area contributed by atoms with E-state index in [4.69, 9.17) is 5.73 Å². The van der Waals surface area contributed by atoms with Crippen LogP contribution < -0.4 is 11.1 Å². The summed E-state index contributed by atoms with van der Waals surface area (Å²) in [7, 11) is -2.35. The van der Waals surface area contributed by atoms with Crippen LogP contribution in [0.5, 0.6) is 0 Å². The molecule has 0 aliphatic rings. The first kappa shape index (κ1) is 17.5. The lowest BCUT2D eigenvalue weighted by Crippen LogP contribution is -2.38. The van der Waals surface area contributed by atoms with E-state index >= 15 is 0 Å². The van der Waals surface area contributed by atoms with Crippen LogP contribution >= 0.6 is 0 Å². The molecule has 0 aromatic heterocycles. The monoisotopic (exact) mass is 313 g/mol. The van der Waals surface area contributed by atoms with Crippen molar-refractivity contribution < 1.29 is 13.2 Å². The van der Waals surface area contributed by atoms with Gasteiger partial charge in [0.25, 0.3) is 0 Å². The summed E-state index contributed by atoms with van der Waals surface area (Å²) in [6, 6.07) is 3.00. The number of rotatable bonds is 6. The third-order valence-corrected chi connectivity index (χ3v) is 5.11. The van der Waals surface area contributed by atoms with Crippen molar-refractivity contribution in [3.63, 3.8) is 0 Å². The van der Waals surface area contributed by atoms with Crippen LogP contribution in [0.1, 0.15) is 24.5 Å². The molecule has 0 bridgehead atoms. The van der Waals surface area contributed by atoms with Crippen LogP contribution in [0, 0.1) is 13.8 Å². The van der Waals surface area contributed by atoms with E-state index in [1.165, 1.54) is 13.1 Å². The second-order valence-corrected chi connectivity index (χ2v) is 7.11. The van der Waals surface area contributed by atoms with Crippen LogP contribution in [0.3, 0.4) is 0 Å². The van der Waals surface area contributed by atoms with E-state index in [2.05, 4.69) is 5.32 Å². The fraction of sp³-hybridized carbons (Fsp3) is 0.500. The Morgan fingerprint density at radius 3 is 2.48 bits per heavy atom. The smallest absolute Gasteiger partial charge is 0.243 e. The number of likely N-dealkylation sites (N-methyl/N-ethyl adjacent to an activating group) is 1. The minimum atomic E-state index is -3.73. The third kappa shape index (κ3) is 4.18. The number of sulfonamides is 1. The predicted octanol–water partition coefficient (Wildman–Crippen LogP) is 1.03. The Morgan fingerprint density at radius 1 is 1.33 bits per heavy atom. The Balaban J connectivity index is 2.97. The topological polar surface area (TPSA) is 92.5 Å². The predicted molar refractivity (Wildman–Crippen MR) is 83.4 cm³/mol. The Labute approximate surface area is 126 Å². The molecule has 0 radical (unpaired) electrons. The van der Waals surface area contributed by atoms with Gasteiger partial charge in [-0.2, -0.15) is 4.31 Å². The molecule has 0 aliphatic carbocycles. The van der Waals surface area contributed by atoms with Gasteiger partial charge < -0.3 is 11.1 Å². The zero-order chi connectivity index (χ0) is 16.2. The molecule has 0 saturated carbocycles. The minimum absolute atomic E-state index is 0.105. The van der Waals surface area contributed by atoms with Crippen molar-refractivity contribution in [2.75, 3.05) is 25.9 Å². The summed E-state index contributed by atoms with van der Waals surface area (Å²) < 4.78 is 25.9. The van der Waals surface area contributed by atoms with Crippen LogP contribution in [0.25, 0.3) is 0 Å². The molecule has 21 heavy (non-hydrogen) atoms. The summed E-state index contributed by atoms with van der Waals surface area (Å²) in [6.45, 7) is 5.89. The summed E-state index contributed by atoms with van der Waals surface area (Å²) >= 11 is 0. The van der Waals surface area contributed by atoms with E-state index in [1.54, 1.807) is 13.0 Å². The first-order valence-electron chi connectivity index (χ1n) is 6.80. The van der Waals surface area contributed by atoms with E-state index in [1.807, 2.05) is 13.8 Å². The second-order valence-electron chi connectivity index (χ2n) is 5.07. The molecule has 6 nitrogen and oxygen atoms in total. The molecule has 0 spiro atoms. The van der Waals surface area contributed by atoms with Crippen molar-refractivity contribution in [1.29, 1.82) is 0 Å². The number of anilines is 1. The van der Waals surface area contributed by atoms with Crippen molar-refractivity contribution in [3.05, 3.63) is 23.3 Å². The van der Waals surface area contributed by atoms with Gasteiger partial charge in [0.2, 0.25) is 15.9 Å². The van der Waals surface area contributed by atoms with Gasteiger partial charge in [-0.15, -0.1) is 0 Å². The Morgan fingerprint density at radius 2 is 1.95 bits per heavy atom. The molecule has 0 fully saturated rings. The number of nitrogens with two attached hydrogens (primary N) is 1. The van der Waals surface area contributed by atoms with Gasteiger partial charge in [0.1, 0.15) is 0 Å². The zero-order valence-electron chi connectivity index (χ0n) is 12.9. The number of carbonyl (C=O) groups excluding carboxylic acids is 1. The van der Waals surface area contributed by atoms with Crippen molar-refractivity contribution >= 4 is 21.6 Å². The van der Waals surface area contributed by atoms with Crippen LogP contribution in [0.4, 0.5) is 5.69 Å². The molecule has 7 heteroatoms. The van der Waals surface area contributed by atoms with E-state index in [9.17, 15) is 13.2 Å².